The van der Waals surface area contributed by atoms with Crippen LogP contribution in [0, 0.1) is 6.92 Å². The molecule has 1 aromatic heterocycles. The highest BCUT2D eigenvalue weighted by Crippen LogP contribution is 2.28. The summed E-state index contributed by atoms with van der Waals surface area (Å²) in [5, 5.41) is 5.16. The van der Waals surface area contributed by atoms with Crippen molar-refractivity contribution >= 4 is 27.5 Å². The largest absolute Gasteiger partial charge is 0.240 e. The van der Waals surface area contributed by atoms with Crippen molar-refractivity contribution in [3.05, 3.63) is 69.9 Å². The summed E-state index contributed by atoms with van der Waals surface area (Å²) < 4.78 is 2.89. The number of aromatic nitrogens is 2. The van der Waals surface area contributed by atoms with Crippen LogP contribution in [0.2, 0.25) is 5.02 Å². The minimum absolute atomic E-state index is 0.750. The molecular weight excluding hydrogens is 336 g/mol. The van der Waals surface area contributed by atoms with Crippen molar-refractivity contribution in [2.45, 2.75) is 6.92 Å². The highest BCUT2D eigenvalue weighted by atomic mass is 79.9. The smallest absolute Gasteiger partial charge is 0.0660 e. The predicted octanol–water partition coefficient (Wildman–Crippen LogP) is 5.26. The third kappa shape index (κ3) is 2.51. The van der Waals surface area contributed by atoms with Crippen LogP contribution in [0.25, 0.3) is 16.8 Å². The van der Waals surface area contributed by atoms with Gasteiger partial charge in [0.05, 0.1) is 11.9 Å². The minimum Gasteiger partial charge on any atom is -0.240 e. The van der Waals surface area contributed by atoms with E-state index in [0.29, 0.717) is 0 Å². The van der Waals surface area contributed by atoms with Gasteiger partial charge in [-0.2, -0.15) is 5.10 Å². The first-order valence-electron chi connectivity index (χ1n) is 6.21. The van der Waals surface area contributed by atoms with E-state index in [4.69, 9.17) is 11.6 Å². The summed E-state index contributed by atoms with van der Waals surface area (Å²) in [4.78, 5) is 0. The molecule has 0 aliphatic carbocycles. The lowest BCUT2D eigenvalue weighted by Gasteiger charge is -2.04. The van der Waals surface area contributed by atoms with Gasteiger partial charge in [0.2, 0.25) is 0 Å². The third-order valence-corrected chi connectivity index (χ3v) is 4.29. The van der Waals surface area contributed by atoms with Crippen molar-refractivity contribution in [2.24, 2.45) is 0 Å². The first kappa shape index (κ1) is 13.4. The number of hydrogen-bond acceptors (Lipinski definition) is 1. The fraction of sp³-hybridized carbons (Fsp3) is 0.0625. The molecule has 2 aromatic carbocycles. The molecule has 4 heteroatoms. The van der Waals surface area contributed by atoms with E-state index in [1.165, 1.54) is 0 Å². The van der Waals surface area contributed by atoms with Crippen LogP contribution in [0.3, 0.4) is 0 Å². The van der Waals surface area contributed by atoms with Crippen molar-refractivity contribution in [1.82, 2.24) is 9.78 Å². The van der Waals surface area contributed by atoms with E-state index in [-0.39, 0.29) is 0 Å². The number of benzene rings is 2. The van der Waals surface area contributed by atoms with Crippen LogP contribution in [0.4, 0.5) is 0 Å². The second-order valence-corrected chi connectivity index (χ2v) is 5.85. The average molecular weight is 348 g/mol. The van der Waals surface area contributed by atoms with Gasteiger partial charge in [-0.3, -0.25) is 0 Å². The minimum atomic E-state index is 0.750. The number of hydrogen-bond donors (Lipinski definition) is 0. The maximum absolute atomic E-state index is 6.16. The van der Waals surface area contributed by atoms with Gasteiger partial charge in [-0.1, -0.05) is 51.8 Å². The molecule has 0 fully saturated rings. The molecule has 0 N–H and O–H groups in total. The molecule has 100 valence electrons. The summed E-state index contributed by atoms with van der Waals surface area (Å²) in [6.07, 6.45) is 3.86. The van der Waals surface area contributed by atoms with Gasteiger partial charge in [0.15, 0.2) is 0 Å². The molecule has 0 aliphatic heterocycles. The number of aryl methyl sites for hydroxylation is 1. The van der Waals surface area contributed by atoms with E-state index in [1.807, 2.05) is 60.4 Å². The molecule has 0 aliphatic rings. The average Bonchev–Trinajstić information content (AvgIpc) is 2.92. The quantitative estimate of drug-likeness (QED) is 0.618. The normalized spacial score (nSPS) is 10.8. The van der Waals surface area contributed by atoms with Crippen molar-refractivity contribution in [1.29, 1.82) is 0 Å². The molecule has 0 bridgehead atoms. The molecule has 0 saturated carbocycles. The topological polar surface area (TPSA) is 17.8 Å². The highest BCUT2D eigenvalue weighted by Gasteiger charge is 2.07. The highest BCUT2D eigenvalue weighted by molar-refractivity contribution is 9.10. The zero-order valence-corrected chi connectivity index (χ0v) is 13.2. The lowest BCUT2D eigenvalue weighted by atomic mass is 10.1. The maximum Gasteiger partial charge on any atom is 0.0660 e. The van der Waals surface area contributed by atoms with Crippen LogP contribution in [0.1, 0.15) is 5.56 Å². The maximum atomic E-state index is 6.16. The Morgan fingerprint density at radius 1 is 1.15 bits per heavy atom. The van der Waals surface area contributed by atoms with Gasteiger partial charge >= 0.3 is 0 Å². The number of nitrogens with zero attached hydrogens (tertiary/aromatic N) is 2. The van der Waals surface area contributed by atoms with Gasteiger partial charge < -0.3 is 0 Å². The molecule has 0 radical (unpaired) electrons. The van der Waals surface area contributed by atoms with Crippen molar-refractivity contribution in [3.8, 4) is 16.8 Å². The fourth-order valence-electron chi connectivity index (χ4n) is 2.02. The Labute approximate surface area is 131 Å². The van der Waals surface area contributed by atoms with Crippen molar-refractivity contribution in [2.75, 3.05) is 0 Å². The second-order valence-electron chi connectivity index (χ2n) is 4.59. The van der Waals surface area contributed by atoms with E-state index in [9.17, 15) is 0 Å². The summed E-state index contributed by atoms with van der Waals surface area (Å²) >= 11 is 9.73. The summed E-state index contributed by atoms with van der Waals surface area (Å²) in [6.45, 7) is 1.99. The number of halogens is 2. The molecule has 1 heterocycles. The summed E-state index contributed by atoms with van der Waals surface area (Å²) in [7, 11) is 0. The Kier molecular flexibility index (Phi) is 3.64. The van der Waals surface area contributed by atoms with Gasteiger partial charge in [-0.05, 0) is 36.2 Å². The van der Waals surface area contributed by atoms with E-state index >= 15 is 0 Å². The van der Waals surface area contributed by atoms with Gasteiger partial charge in [-0.25, -0.2) is 4.68 Å². The fourth-order valence-corrected chi connectivity index (χ4v) is 2.71. The molecule has 3 rings (SSSR count). The first-order valence-corrected chi connectivity index (χ1v) is 7.38. The summed E-state index contributed by atoms with van der Waals surface area (Å²) in [5.74, 6) is 0. The van der Waals surface area contributed by atoms with E-state index < -0.39 is 0 Å². The molecular formula is C16H12BrClN2. The van der Waals surface area contributed by atoms with Crippen LogP contribution in [0.5, 0.6) is 0 Å². The zero-order valence-electron chi connectivity index (χ0n) is 10.8. The van der Waals surface area contributed by atoms with E-state index in [0.717, 1.165) is 31.9 Å². The summed E-state index contributed by atoms with van der Waals surface area (Å²) in [5.41, 5.74) is 4.21. The summed E-state index contributed by atoms with van der Waals surface area (Å²) in [6, 6.07) is 14.0. The van der Waals surface area contributed by atoms with Crippen LogP contribution < -0.4 is 0 Å². The Bertz CT molecular complexity index is 765. The lowest BCUT2D eigenvalue weighted by molar-refractivity contribution is 0.880. The van der Waals surface area contributed by atoms with Crippen molar-refractivity contribution in [3.63, 3.8) is 0 Å². The molecule has 3 aromatic rings. The van der Waals surface area contributed by atoms with Crippen LogP contribution >= 0.6 is 27.5 Å². The Morgan fingerprint density at radius 2 is 1.95 bits per heavy atom. The molecule has 0 unspecified atom stereocenters. The lowest BCUT2D eigenvalue weighted by Crippen LogP contribution is -1.94. The van der Waals surface area contributed by atoms with Crippen LogP contribution in [-0.4, -0.2) is 9.78 Å². The van der Waals surface area contributed by atoms with Gasteiger partial charge in [0, 0.05) is 21.3 Å². The van der Waals surface area contributed by atoms with Gasteiger partial charge in [0.1, 0.15) is 0 Å². The van der Waals surface area contributed by atoms with Gasteiger partial charge in [-0.15, -0.1) is 0 Å². The third-order valence-electron chi connectivity index (χ3n) is 3.19. The van der Waals surface area contributed by atoms with Crippen molar-refractivity contribution < 1.29 is 0 Å². The van der Waals surface area contributed by atoms with Gasteiger partial charge in [0.25, 0.3) is 0 Å². The SMILES string of the molecule is Cc1ccc(-n2cc(-c3ccccc3Br)cn2)cc1Cl. The first-order chi connectivity index (χ1) is 9.65. The Balaban J connectivity index is 2.02. The molecule has 0 amide bonds. The monoisotopic (exact) mass is 346 g/mol. The van der Waals surface area contributed by atoms with Crippen LogP contribution in [0.15, 0.2) is 59.3 Å². The number of rotatable bonds is 2. The Morgan fingerprint density at radius 3 is 2.70 bits per heavy atom. The zero-order chi connectivity index (χ0) is 14.1. The van der Waals surface area contributed by atoms with E-state index in [2.05, 4.69) is 27.1 Å². The molecule has 0 saturated heterocycles. The second kappa shape index (κ2) is 5.43. The molecule has 20 heavy (non-hydrogen) atoms. The van der Waals surface area contributed by atoms with E-state index in [1.54, 1.807) is 0 Å². The predicted molar refractivity (Wildman–Crippen MR) is 86.4 cm³/mol. The molecule has 2 nitrogen and oxygen atoms in total. The standard InChI is InChI=1S/C16H12BrClN2/c1-11-6-7-13(8-16(11)18)20-10-12(9-19-20)14-4-2-3-5-15(14)17/h2-10H,1H3. The molecule has 0 atom stereocenters. The Hall–Kier alpha value is -1.58. The van der Waals surface area contributed by atoms with Crippen LogP contribution in [-0.2, 0) is 0 Å². The molecule has 0 spiro atoms.